The molecule has 1 unspecified atom stereocenters. The van der Waals surface area contributed by atoms with Crippen LogP contribution in [0.15, 0.2) is 61.7 Å². The topological polar surface area (TPSA) is 55.8 Å². The maximum absolute atomic E-state index is 10.8. The molecule has 1 atom stereocenters. The lowest BCUT2D eigenvalue weighted by Crippen LogP contribution is -2.24. The molecule has 1 aromatic rings. The standard InChI is InChI=1S/C17H20O4/c1-4-13(3)10-14-6-8-16(9-7-14)20-11-15(18)12-21-17(19)5-2/h4-9,15,18H,1-3,10-12H2. The fraction of sp³-hybridized carbons (Fsp3) is 0.235. The lowest BCUT2D eigenvalue weighted by molar-refractivity contribution is -0.141. The molecule has 0 aliphatic heterocycles. The molecule has 0 amide bonds. The van der Waals surface area contributed by atoms with Gasteiger partial charge < -0.3 is 14.6 Å². The number of hydrogen-bond acceptors (Lipinski definition) is 4. The van der Waals surface area contributed by atoms with E-state index >= 15 is 0 Å². The maximum Gasteiger partial charge on any atom is 0.330 e. The van der Waals surface area contributed by atoms with Crippen molar-refractivity contribution in [1.82, 2.24) is 0 Å². The molecule has 1 aromatic carbocycles. The third kappa shape index (κ3) is 6.58. The van der Waals surface area contributed by atoms with E-state index in [-0.39, 0.29) is 13.2 Å². The molecule has 21 heavy (non-hydrogen) atoms. The van der Waals surface area contributed by atoms with E-state index in [1.54, 1.807) is 6.08 Å². The summed E-state index contributed by atoms with van der Waals surface area (Å²) in [6.07, 6.45) is 2.63. The van der Waals surface area contributed by atoms with Gasteiger partial charge in [-0.25, -0.2) is 4.79 Å². The summed E-state index contributed by atoms with van der Waals surface area (Å²) >= 11 is 0. The molecule has 0 aromatic heterocycles. The Balaban J connectivity index is 2.38. The van der Waals surface area contributed by atoms with Crippen LogP contribution < -0.4 is 4.74 Å². The second-order valence-corrected chi connectivity index (χ2v) is 4.48. The lowest BCUT2D eigenvalue weighted by Gasteiger charge is -2.12. The Morgan fingerprint density at radius 3 is 2.43 bits per heavy atom. The van der Waals surface area contributed by atoms with Gasteiger partial charge in [0.2, 0.25) is 0 Å². The highest BCUT2D eigenvalue weighted by molar-refractivity contribution is 5.81. The minimum absolute atomic E-state index is 0.0448. The van der Waals surface area contributed by atoms with Crippen LogP contribution in [0.4, 0.5) is 0 Å². The highest BCUT2D eigenvalue weighted by Crippen LogP contribution is 2.15. The number of esters is 1. The maximum atomic E-state index is 10.8. The molecule has 0 aliphatic carbocycles. The zero-order valence-corrected chi connectivity index (χ0v) is 12.0. The van der Waals surface area contributed by atoms with Crippen LogP contribution in [0.1, 0.15) is 5.56 Å². The van der Waals surface area contributed by atoms with Gasteiger partial charge in [-0.15, -0.1) is 0 Å². The smallest absolute Gasteiger partial charge is 0.330 e. The number of carbonyl (C=O) groups is 1. The average Bonchev–Trinajstić information content (AvgIpc) is 2.51. The number of hydrogen-bond donors (Lipinski definition) is 1. The van der Waals surface area contributed by atoms with Gasteiger partial charge in [0.15, 0.2) is 0 Å². The van der Waals surface area contributed by atoms with Crippen molar-refractivity contribution in [2.75, 3.05) is 13.2 Å². The first-order chi connectivity index (χ1) is 10.0. The third-order valence-electron chi connectivity index (χ3n) is 2.67. The summed E-state index contributed by atoms with van der Waals surface area (Å²) in [5.74, 6) is 0.0675. The van der Waals surface area contributed by atoms with Gasteiger partial charge in [-0.3, -0.25) is 0 Å². The fourth-order valence-corrected chi connectivity index (χ4v) is 1.52. The number of aliphatic hydroxyl groups is 1. The van der Waals surface area contributed by atoms with Gasteiger partial charge in [0.05, 0.1) is 0 Å². The number of benzene rings is 1. The van der Waals surface area contributed by atoms with E-state index in [1.807, 2.05) is 24.3 Å². The number of aliphatic hydroxyl groups excluding tert-OH is 1. The van der Waals surface area contributed by atoms with Gasteiger partial charge in [0, 0.05) is 6.08 Å². The van der Waals surface area contributed by atoms with Gasteiger partial charge in [-0.05, 0) is 24.1 Å². The van der Waals surface area contributed by atoms with Crippen molar-refractivity contribution in [3.8, 4) is 5.75 Å². The number of carbonyl (C=O) groups excluding carboxylic acids is 1. The molecule has 1 rings (SSSR count). The first kappa shape index (κ1) is 16.7. The van der Waals surface area contributed by atoms with Gasteiger partial charge in [-0.2, -0.15) is 0 Å². The van der Waals surface area contributed by atoms with E-state index in [0.717, 1.165) is 23.6 Å². The van der Waals surface area contributed by atoms with E-state index in [2.05, 4.69) is 19.7 Å². The second kappa shape index (κ2) is 8.76. The van der Waals surface area contributed by atoms with E-state index in [0.29, 0.717) is 5.75 Å². The van der Waals surface area contributed by atoms with E-state index in [1.165, 1.54) is 0 Å². The Bertz CT molecular complexity index is 502. The Labute approximate surface area is 125 Å². The molecule has 0 radical (unpaired) electrons. The van der Waals surface area contributed by atoms with E-state index in [9.17, 15) is 9.90 Å². The van der Waals surface area contributed by atoms with Crippen LogP contribution >= 0.6 is 0 Å². The Kier molecular flexibility index (Phi) is 6.98. The summed E-state index contributed by atoms with van der Waals surface area (Å²) in [6, 6.07) is 7.48. The monoisotopic (exact) mass is 288 g/mol. The van der Waals surface area contributed by atoms with E-state index in [4.69, 9.17) is 9.47 Å². The predicted octanol–water partition coefficient (Wildman–Crippen LogP) is 2.44. The summed E-state index contributed by atoms with van der Waals surface area (Å²) in [5.41, 5.74) is 2.05. The SMILES string of the molecule is C=CC(=C)Cc1ccc(OCC(O)COC(=O)C=C)cc1. The Hall–Kier alpha value is -2.33. The average molecular weight is 288 g/mol. The van der Waals surface area contributed by atoms with Crippen molar-refractivity contribution in [3.63, 3.8) is 0 Å². The summed E-state index contributed by atoms with van der Waals surface area (Å²) < 4.78 is 10.1. The zero-order chi connectivity index (χ0) is 15.7. The lowest BCUT2D eigenvalue weighted by atomic mass is 10.1. The minimum atomic E-state index is -0.880. The second-order valence-electron chi connectivity index (χ2n) is 4.48. The molecule has 0 saturated carbocycles. The van der Waals surface area contributed by atoms with E-state index < -0.39 is 12.1 Å². The van der Waals surface area contributed by atoms with Gasteiger partial charge >= 0.3 is 5.97 Å². The molecule has 112 valence electrons. The van der Waals surface area contributed by atoms with Crippen LogP contribution in [0.5, 0.6) is 5.75 Å². The first-order valence-corrected chi connectivity index (χ1v) is 6.54. The molecule has 0 aliphatic rings. The van der Waals surface area contributed by atoms with Gasteiger partial charge in [-0.1, -0.05) is 43.5 Å². The van der Waals surface area contributed by atoms with Crippen LogP contribution in [-0.2, 0) is 16.0 Å². The minimum Gasteiger partial charge on any atom is -0.491 e. The van der Waals surface area contributed by atoms with Crippen LogP contribution in [-0.4, -0.2) is 30.4 Å². The van der Waals surface area contributed by atoms with Crippen molar-refractivity contribution in [2.24, 2.45) is 0 Å². The molecule has 0 saturated heterocycles. The number of rotatable bonds is 9. The van der Waals surface area contributed by atoms with Gasteiger partial charge in [0.25, 0.3) is 0 Å². The van der Waals surface area contributed by atoms with Crippen LogP contribution in [0.3, 0.4) is 0 Å². The predicted molar refractivity (Wildman–Crippen MR) is 82.1 cm³/mol. The Morgan fingerprint density at radius 1 is 1.19 bits per heavy atom. The molecule has 0 fully saturated rings. The summed E-state index contributed by atoms with van der Waals surface area (Å²) in [7, 11) is 0. The highest BCUT2D eigenvalue weighted by Gasteiger charge is 2.08. The summed E-state index contributed by atoms with van der Waals surface area (Å²) in [4.78, 5) is 10.8. The number of allylic oxidation sites excluding steroid dienone is 2. The number of ether oxygens (including phenoxy) is 2. The van der Waals surface area contributed by atoms with Crippen LogP contribution in [0.25, 0.3) is 0 Å². The summed E-state index contributed by atoms with van der Waals surface area (Å²) in [5, 5.41) is 9.60. The highest BCUT2D eigenvalue weighted by atomic mass is 16.5. The molecule has 4 heteroatoms. The molecular formula is C17H20O4. The Morgan fingerprint density at radius 2 is 1.86 bits per heavy atom. The first-order valence-electron chi connectivity index (χ1n) is 6.54. The molecule has 1 N–H and O–H groups in total. The molecular weight excluding hydrogens is 268 g/mol. The zero-order valence-electron chi connectivity index (χ0n) is 12.0. The van der Waals surface area contributed by atoms with Crippen LogP contribution in [0, 0.1) is 0 Å². The molecule has 0 bridgehead atoms. The van der Waals surface area contributed by atoms with Gasteiger partial charge in [0.1, 0.15) is 25.1 Å². The van der Waals surface area contributed by atoms with Crippen molar-refractivity contribution in [1.29, 1.82) is 0 Å². The largest absolute Gasteiger partial charge is 0.491 e. The molecule has 0 spiro atoms. The van der Waals surface area contributed by atoms with Crippen molar-refractivity contribution in [3.05, 3.63) is 67.3 Å². The third-order valence-corrected chi connectivity index (χ3v) is 2.67. The fourth-order valence-electron chi connectivity index (χ4n) is 1.52. The quantitative estimate of drug-likeness (QED) is 0.431. The van der Waals surface area contributed by atoms with Crippen molar-refractivity contribution >= 4 is 5.97 Å². The van der Waals surface area contributed by atoms with Crippen molar-refractivity contribution < 1.29 is 19.4 Å². The summed E-state index contributed by atoms with van der Waals surface area (Å²) in [6.45, 7) is 10.7. The van der Waals surface area contributed by atoms with Crippen LogP contribution in [0.2, 0.25) is 0 Å². The molecule has 4 nitrogen and oxygen atoms in total. The molecule has 0 heterocycles. The normalized spacial score (nSPS) is 11.3. The van der Waals surface area contributed by atoms with Crippen molar-refractivity contribution in [2.45, 2.75) is 12.5 Å².